The summed E-state index contributed by atoms with van der Waals surface area (Å²) in [5, 5.41) is 7.93. The molecule has 2 aromatic carbocycles. The SMILES string of the molecule is COc1cc(C=C2C(=O)NC(=S)NC2=O)ccc1OCC(=O)Nc1ccc(Cl)cc1. The second-order valence-electron chi connectivity index (χ2n) is 6.05. The van der Waals surface area contributed by atoms with Crippen molar-refractivity contribution in [2.24, 2.45) is 0 Å². The first-order valence-corrected chi connectivity index (χ1v) is 9.39. The molecule has 1 aliphatic heterocycles. The van der Waals surface area contributed by atoms with E-state index in [2.05, 4.69) is 16.0 Å². The fourth-order valence-corrected chi connectivity index (χ4v) is 2.85. The molecule has 1 fully saturated rings. The summed E-state index contributed by atoms with van der Waals surface area (Å²) >= 11 is 10.6. The van der Waals surface area contributed by atoms with Crippen LogP contribution in [0.5, 0.6) is 11.5 Å². The Labute approximate surface area is 182 Å². The van der Waals surface area contributed by atoms with Crippen LogP contribution in [-0.2, 0) is 14.4 Å². The zero-order valence-electron chi connectivity index (χ0n) is 15.7. The molecule has 0 radical (unpaired) electrons. The first kappa shape index (κ1) is 21.3. The molecule has 3 rings (SSSR count). The Morgan fingerprint density at radius 1 is 1.10 bits per heavy atom. The summed E-state index contributed by atoms with van der Waals surface area (Å²) in [6.07, 6.45) is 1.39. The van der Waals surface area contributed by atoms with Gasteiger partial charge in [-0.05, 0) is 60.3 Å². The Morgan fingerprint density at radius 2 is 1.77 bits per heavy atom. The molecule has 1 heterocycles. The summed E-state index contributed by atoms with van der Waals surface area (Å²) in [6.45, 7) is -0.248. The summed E-state index contributed by atoms with van der Waals surface area (Å²) in [6, 6.07) is 11.4. The largest absolute Gasteiger partial charge is 0.493 e. The maximum absolute atomic E-state index is 12.1. The van der Waals surface area contributed by atoms with Crippen LogP contribution in [0.4, 0.5) is 5.69 Å². The molecule has 0 atom stereocenters. The van der Waals surface area contributed by atoms with Crippen molar-refractivity contribution < 1.29 is 23.9 Å². The molecular weight excluding hydrogens is 430 g/mol. The monoisotopic (exact) mass is 445 g/mol. The second-order valence-corrected chi connectivity index (χ2v) is 6.89. The number of benzene rings is 2. The van der Waals surface area contributed by atoms with Gasteiger partial charge in [-0.3, -0.25) is 25.0 Å². The van der Waals surface area contributed by atoms with Gasteiger partial charge in [0, 0.05) is 10.7 Å². The fourth-order valence-electron chi connectivity index (χ4n) is 2.54. The predicted octanol–water partition coefficient (Wildman–Crippen LogP) is 2.28. The third kappa shape index (κ3) is 5.34. The minimum Gasteiger partial charge on any atom is -0.493 e. The molecule has 154 valence electrons. The van der Waals surface area contributed by atoms with Crippen molar-refractivity contribution in [3.8, 4) is 11.5 Å². The van der Waals surface area contributed by atoms with Crippen molar-refractivity contribution >= 4 is 58.4 Å². The minimum absolute atomic E-state index is 0.0413. The number of carbonyl (C=O) groups excluding carboxylic acids is 3. The third-order valence-corrected chi connectivity index (χ3v) is 4.38. The van der Waals surface area contributed by atoms with Gasteiger partial charge in [0.2, 0.25) is 0 Å². The van der Waals surface area contributed by atoms with Crippen LogP contribution in [0.25, 0.3) is 6.08 Å². The van der Waals surface area contributed by atoms with E-state index in [9.17, 15) is 14.4 Å². The van der Waals surface area contributed by atoms with Gasteiger partial charge in [-0.25, -0.2) is 0 Å². The molecule has 3 amide bonds. The maximum Gasteiger partial charge on any atom is 0.263 e. The van der Waals surface area contributed by atoms with E-state index in [0.29, 0.717) is 27.8 Å². The van der Waals surface area contributed by atoms with Crippen LogP contribution in [0.15, 0.2) is 48.0 Å². The highest BCUT2D eigenvalue weighted by Crippen LogP contribution is 2.29. The van der Waals surface area contributed by atoms with Gasteiger partial charge in [0.1, 0.15) is 5.57 Å². The van der Waals surface area contributed by atoms with Crippen LogP contribution in [0.1, 0.15) is 5.56 Å². The molecular formula is C20H16ClN3O5S. The molecule has 3 N–H and O–H groups in total. The number of nitrogens with one attached hydrogen (secondary N) is 3. The minimum atomic E-state index is -0.595. The van der Waals surface area contributed by atoms with Crippen LogP contribution in [0.2, 0.25) is 5.02 Å². The Balaban J connectivity index is 1.68. The van der Waals surface area contributed by atoms with Gasteiger partial charge in [0.05, 0.1) is 7.11 Å². The van der Waals surface area contributed by atoms with Crippen molar-refractivity contribution in [1.29, 1.82) is 0 Å². The van der Waals surface area contributed by atoms with Gasteiger partial charge >= 0.3 is 0 Å². The number of thiocarbonyl (C=S) groups is 1. The quantitative estimate of drug-likeness (QED) is 0.358. The second kappa shape index (κ2) is 9.38. The van der Waals surface area contributed by atoms with Gasteiger partial charge in [-0.1, -0.05) is 17.7 Å². The Kier molecular flexibility index (Phi) is 6.65. The lowest BCUT2D eigenvalue weighted by Gasteiger charge is -2.16. The zero-order valence-corrected chi connectivity index (χ0v) is 17.2. The number of hydrogen-bond donors (Lipinski definition) is 3. The van der Waals surface area contributed by atoms with E-state index < -0.39 is 11.8 Å². The zero-order chi connectivity index (χ0) is 21.7. The fraction of sp³-hybridized carbons (Fsp3) is 0.100. The van der Waals surface area contributed by atoms with Crippen molar-refractivity contribution in [3.63, 3.8) is 0 Å². The summed E-state index contributed by atoms with van der Waals surface area (Å²) in [5.41, 5.74) is 1.02. The molecule has 0 saturated carbocycles. The van der Waals surface area contributed by atoms with E-state index in [4.69, 9.17) is 33.3 Å². The van der Waals surface area contributed by atoms with E-state index in [1.54, 1.807) is 42.5 Å². The number of hydrogen-bond acceptors (Lipinski definition) is 6. The highest BCUT2D eigenvalue weighted by molar-refractivity contribution is 7.80. The molecule has 1 saturated heterocycles. The van der Waals surface area contributed by atoms with Gasteiger partial charge < -0.3 is 14.8 Å². The summed E-state index contributed by atoms with van der Waals surface area (Å²) in [7, 11) is 1.44. The average Bonchev–Trinajstić information content (AvgIpc) is 2.71. The Hall–Kier alpha value is -3.43. The number of anilines is 1. The van der Waals surface area contributed by atoms with Crippen LogP contribution >= 0.6 is 23.8 Å². The molecule has 0 unspecified atom stereocenters. The number of halogens is 1. The van der Waals surface area contributed by atoms with Crippen molar-refractivity contribution in [1.82, 2.24) is 10.6 Å². The maximum atomic E-state index is 12.1. The summed E-state index contributed by atoms with van der Waals surface area (Å²) < 4.78 is 10.8. The molecule has 0 aliphatic carbocycles. The number of methoxy groups -OCH3 is 1. The summed E-state index contributed by atoms with van der Waals surface area (Å²) in [4.78, 5) is 36.0. The molecule has 10 heteroatoms. The number of rotatable bonds is 6. The number of ether oxygens (including phenoxy) is 2. The van der Waals surface area contributed by atoms with Crippen molar-refractivity contribution in [2.45, 2.75) is 0 Å². The van der Waals surface area contributed by atoms with Gasteiger partial charge in [0.15, 0.2) is 23.2 Å². The van der Waals surface area contributed by atoms with Gasteiger partial charge in [0.25, 0.3) is 17.7 Å². The topological polar surface area (TPSA) is 106 Å². The van der Waals surface area contributed by atoms with Gasteiger partial charge in [-0.2, -0.15) is 0 Å². The highest BCUT2D eigenvalue weighted by atomic mass is 35.5. The molecule has 1 aliphatic rings. The number of amides is 3. The van der Waals surface area contributed by atoms with E-state index in [1.807, 2.05) is 0 Å². The molecule has 8 nitrogen and oxygen atoms in total. The van der Waals surface area contributed by atoms with Crippen LogP contribution in [0.3, 0.4) is 0 Å². The standard InChI is InChI=1S/C20H16ClN3O5S/c1-28-16-9-11(8-14-18(26)23-20(30)24-19(14)27)2-7-15(16)29-10-17(25)22-13-5-3-12(21)4-6-13/h2-9H,10H2,1H3,(H,22,25)(H2,23,24,26,27,30). The Bertz CT molecular complexity index is 1030. The van der Waals surface area contributed by atoms with Crippen LogP contribution < -0.4 is 25.4 Å². The van der Waals surface area contributed by atoms with Crippen LogP contribution in [-0.4, -0.2) is 36.6 Å². The smallest absolute Gasteiger partial charge is 0.263 e. The molecule has 0 aromatic heterocycles. The van der Waals surface area contributed by atoms with E-state index in [-0.39, 0.29) is 23.2 Å². The average molecular weight is 446 g/mol. The first-order valence-electron chi connectivity index (χ1n) is 8.60. The molecule has 0 bridgehead atoms. The summed E-state index contributed by atoms with van der Waals surface area (Å²) in [5.74, 6) is -0.902. The van der Waals surface area contributed by atoms with E-state index in [1.165, 1.54) is 13.2 Å². The van der Waals surface area contributed by atoms with E-state index >= 15 is 0 Å². The number of carbonyl (C=O) groups is 3. The normalized spacial score (nSPS) is 13.3. The highest BCUT2D eigenvalue weighted by Gasteiger charge is 2.25. The van der Waals surface area contributed by atoms with E-state index in [0.717, 1.165) is 0 Å². The lowest BCUT2D eigenvalue weighted by Crippen LogP contribution is -2.51. The third-order valence-electron chi connectivity index (χ3n) is 3.93. The van der Waals surface area contributed by atoms with Crippen molar-refractivity contribution in [3.05, 3.63) is 58.6 Å². The molecule has 30 heavy (non-hydrogen) atoms. The van der Waals surface area contributed by atoms with Crippen LogP contribution in [0, 0.1) is 0 Å². The Morgan fingerprint density at radius 3 is 2.40 bits per heavy atom. The lowest BCUT2D eigenvalue weighted by atomic mass is 10.1. The lowest BCUT2D eigenvalue weighted by molar-refractivity contribution is -0.123. The predicted molar refractivity (Wildman–Crippen MR) is 115 cm³/mol. The first-order chi connectivity index (χ1) is 14.4. The molecule has 0 spiro atoms. The van der Waals surface area contributed by atoms with Gasteiger partial charge in [-0.15, -0.1) is 0 Å². The van der Waals surface area contributed by atoms with Crippen molar-refractivity contribution in [2.75, 3.05) is 19.0 Å². The molecule has 2 aromatic rings.